The molecular weight excluding hydrogens is 452 g/mol. The smallest absolute Gasteiger partial charge is 0.317 e. The number of sulfonamides is 1. The molecule has 1 heterocycles. The highest BCUT2D eigenvalue weighted by Crippen LogP contribution is 2.34. The van der Waals surface area contributed by atoms with Crippen LogP contribution in [0.3, 0.4) is 0 Å². The fourth-order valence-corrected chi connectivity index (χ4v) is 6.40. The van der Waals surface area contributed by atoms with E-state index in [0.29, 0.717) is 55.0 Å². The second kappa shape index (κ2) is 10.1. The van der Waals surface area contributed by atoms with Gasteiger partial charge in [-0.3, -0.25) is 4.79 Å². The summed E-state index contributed by atoms with van der Waals surface area (Å²) in [6.07, 6.45) is 3.38. The number of anilines is 1. The minimum absolute atomic E-state index is 0.107. The van der Waals surface area contributed by atoms with Crippen molar-refractivity contribution in [2.75, 3.05) is 25.0 Å². The zero-order valence-electron chi connectivity index (χ0n) is 19.7. The number of carbonyl (C=O) groups is 2. The number of aryl methyl sites for hydroxylation is 1. The molecule has 182 valence electrons. The van der Waals surface area contributed by atoms with Crippen molar-refractivity contribution >= 4 is 27.6 Å². The molecular formula is C25H32N4O4S. The molecule has 0 atom stereocenters. The first-order valence-electron chi connectivity index (χ1n) is 11.9. The molecule has 0 spiro atoms. The van der Waals surface area contributed by atoms with E-state index in [1.807, 2.05) is 32.0 Å². The molecule has 1 aliphatic heterocycles. The van der Waals surface area contributed by atoms with Crippen LogP contribution in [0.5, 0.6) is 0 Å². The highest BCUT2D eigenvalue weighted by atomic mass is 32.2. The molecule has 0 bridgehead atoms. The first-order chi connectivity index (χ1) is 16.3. The number of rotatable bonds is 6. The van der Waals surface area contributed by atoms with E-state index in [9.17, 15) is 18.0 Å². The van der Waals surface area contributed by atoms with Gasteiger partial charge >= 0.3 is 6.03 Å². The number of fused-ring (bicyclic) bond motifs is 1. The average molecular weight is 485 g/mol. The molecule has 0 radical (unpaired) electrons. The molecule has 3 N–H and O–H groups in total. The van der Waals surface area contributed by atoms with Gasteiger partial charge in [-0.25, -0.2) is 17.9 Å². The molecule has 1 saturated heterocycles. The number of nitrogens with zero attached hydrogens (tertiary/aromatic N) is 1. The molecule has 34 heavy (non-hydrogen) atoms. The Hall–Kier alpha value is -2.91. The van der Waals surface area contributed by atoms with Crippen molar-refractivity contribution in [3.05, 3.63) is 58.7 Å². The minimum atomic E-state index is -3.72. The Balaban J connectivity index is 1.48. The van der Waals surface area contributed by atoms with Crippen LogP contribution in [0.15, 0.2) is 41.3 Å². The fraction of sp³-hybridized carbons (Fsp3) is 0.440. The number of amides is 3. The van der Waals surface area contributed by atoms with Crippen molar-refractivity contribution in [1.29, 1.82) is 0 Å². The number of hydrogen-bond acceptors (Lipinski definition) is 4. The predicted molar refractivity (Wildman–Crippen MR) is 132 cm³/mol. The molecule has 0 aromatic heterocycles. The topological polar surface area (TPSA) is 108 Å². The second-order valence-corrected chi connectivity index (χ2v) is 10.6. The number of benzene rings is 2. The van der Waals surface area contributed by atoms with E-state index < -0.39 is 10.0 Å². The number of carbonyl (C=O) groups excluding carboxylic acids is 2. The molecule has 1 fully saturated rings. The summed E-state index contributed by atoms with van der Waals surface area (Å²) in [4.78, 5) is 26.8. The molecule has 2 aromatic rings. The fourth-order valence-electron chi connectivity index (χ4n) is 4.81. The van der Waals surface area contributed by atoms with E-state index in [-0.39, 0.29) is 18.0 Å². The van der Waals surface area contributed by atoms with E-state index in [1.54, 1.807) is 23.1 Å². The molecule has 8 nitrogen and oxygen atoms in total. The lowest BCUT2D eigenvalue weighted by Gasteiger charge is -2.32. The Morgan fingerprint density at radius 2 is 1.74 bits per heavy atom. The molecule has 2 aromatic carbocycles. The third-order valence-corrected chi connectivity index (χ3v) is 8.21. The Morgan fingerprint density at radius 1 is 1.03 bits per heavy atom. The van der Waals surface area contributed by atoms with Crippen molar-refractivity contribution in [3.63, 3.8) is 0 Å². The van der Waals surface area contributed by atoms with Crippen LogP contribution in [-0.4, -0.2) is 50.9 Å². The first kappa shape index (κ1) is 24.2. The summed E-state index contributed by atoms with van der Waals surface area (Å²) in [6.45, 7) is 5.36. The molecule has 2 aliphatic rings. The lowest BCUT2D eigenvalue weighted by Crippen LogP contribution is -2.49. The summed E-state index contributed by atoms with van der Waals surface area (Å²) in [7, 11) is -3.72. The van der Waals surface area contributed by atoms with Crippen molar-refractivity contribution in [2.45, 2.75) is 56.9 Å². The van der Waals surface area contributed by atoms with Gasteiger partial charge in [0.25, 0.3) is 5.91 Å². The van der Waals surface area contributed by atoms with Gasteiger partial charge in [0.1, 0.15) is 0 Å². The van der Waals surface area contributed by atoms with Crippen LogP contribution in [0.25, 0.3) is 0 Å². The standard InChI is InChI=1S/C25H32N4O4S/c1-3-26-25(31)29-15-13-18(14-16-29)28-34(32,33)23-12-11-22(20-9-6-10-21(20)23)27-24(30)19-8-5-4-7-17(19)2/h4-5,7-8,11-12,18,28H,3,6,9-10,13-16H2,1-2H3,(H,26,31)(H,27,30). The SMILES string of the molecule is CCNC(=O)N1CCC(NS(=O)(=O)c2ccc(NC(=O)c3ccccc3C)c3c2CCC3)CC1. The van der Waals surface area contributed by atoms with Crippen molar-refractivity contribution in [2.24, 2.45) is 0 Å². The Bertz CT molecular complexity index is 1190. The normalized spacial score (nSPS) is 16.2. The van der Waals surface area contributed by atoms with Crippen LogP contribution in [0.2, 0.25) is 0 Å². The zero-order chi connectivity index (χ0) is 24.3. The van der Waals surface area contributed by atoms with Crippen molar-refractivity contribution in [3.8, 4) is 0 Å². The summed E-state index contributed by atoms with van der Waals surface area (Å²) in [5.41, 5.74) is 3.85. The van der Waals surface area contributed by atoms with Gasteiger partial charge in [0.05, 0.1) is 4.90 Å². The van der Waals surface area contributed by atoms with E-state index >= 15 is 0 Å². The van der Waals surface area contributed by atoms with E-state index in [1.165, 1.54) is 0 Å². The monoisotopic (exact) mass is 484 g/mol. The number of piperidine rings is 1. The van der Waals surface area contributed by atoms with E-state index in [0.717, 1.165) is 29.5 Å². The van der Waals surface area contributed by atoms with Gasteiger partial charge in [-0.05, 0) is 80.8 Å². The summed E-state index contributed by atoms with van der Waals surface area (Å²) in [5, 5.41) is 5.77. The van der Waals surface area contributed by atoms with Crippen LogP contribution in [0.1, 0.15) is 53.2 Å². The van der Waals surface area contributed by atoms with Crippen molar-refractivity contribution < 1.29 is 18.0 Å². The highest BCUT2D eigenvalue weighted by Gasteiger charge is 2.30. The van der Waals surface area contributed by atoms with Gasteiger partial charge in [0.15, 0.2) is 0 Å². The maximum absolute atomic E-state index is 13.3. The molecule has 1 aliphatic carbocycles. The predicted octanol–water partition coefficient (Wildman–Crippen LogP) is 3.21. The van der Waals surface area contributed by atoms with Gasteiger partial charge in [0.2, 0.25) is 10.0 Å². The summed E-state index contributed by atoms with van der Waals surface area (Å²) in [6, 6.07) is 10.4. The third-order valence-electron chi connectivity index (χ3n) is 6.60. The summed E-state index contributed by atoms with van der Waals surface area (Å²) in [5.74, 6) is -0.195. The molecule has 9 heteroatoms. The summed E-state index contributed by atoms with van der Waals surface area (Å²) < 4.78 is 29.4. The molecule has 0 unspecified atom stereocenters. The van der Waals surface area contributed by atoms with Gasteiger partial charge in [-0.15, -0.1) is 0 Å². The Morgan fingerprint density at radius 3 is 2.44 bits per heavy atom. The Labute approximate surface area is 201 Å². The molecule has 0 saturated carbocycles. The largest absolute Gasteiger partial charge is 0.338 e. The van der Waals surface area contributed by atoms with Crippen LogP contribution in [0, 0.1) is 6.92 Å². The van der Waals surface area contributed by atoms with Gasteiger partial charge in [-0.2, -0.15) is 0 Å². The maximum atomic E-state index is 13.3. The number of urea groups is 1. The molecule has 3 amide bonds. The van der Waals surface area contributed by atoms with Crippen LogP contribution in [0.4, 0.5) is 10.5 Å². The van der Waals surface area contributed by atoms with Gasteiger partial charge in [-0.1, -0.05) is 18.2 Å². The van der Waals surface area contributed by atoms with Gasteiger partial charge in [0, 0.05) is 36.9 Å². The third kappa shape index (κ3) is 5.10. The lowest BCUT2D eigenvalue weighted by molar-refractivity contribution is 0.102. The quantitative estimate of drug-likeness (QED) is 0.585. The lowest BCUT2D eigenvalue weighted by atomic mass is 10.1. The van der Waals surface area contributed by atoms with E-state index in [4.69, 9.17) is 0 Å². The van der Waals surface area contributed by atoms with Crippen molar-refractivity contribution in [1.82, 2.24) is 14.9 Å². The second-order valence-electron chi connectivity index (χ2n) is 8.91. The maximum Gasteiger partial charge on any atom is 0.317 e. The zero-order valence-corrected chi connectivity index (χ0v) is 20.5. The number of likely N-dealkylation sites (tertiary alicyclic amines) is 1. The first-order valence-corrected chi connectivity index (χ1v) is 13.4. The minimum Gasteiger partial charge on any atom is -0.338 e. The Kier molecular flexibility index (Phi) is 7.23. The average Bonchev–Trinajstić information content (AvgIpc) is 3.30. The molecule has 4 rings (SSSR count). The number of hydrogen-bond donors (Lipinski definition) is 3. The van der Waals surface area contributed by atoms with Crippen LogP contribution < -0.4 is 15.4 Å². The van der Waals surface area contributed by atoms with E-state index in [2.05, 4.69) is 15.4 Å². The summed E-state index contributed by atoms with van der Waals surface area (Å²) >= 11 is 0. The van der Waals surface area contributed by atoms with Gasteiger partial charge < -0.3 is 15.5 Å². The van der Waals surface area contributed by atoms with Crippen LogP contribution in [-0.2, 0) is 22.9 Å². The van der Waals surface area contributed by atoms with Crippen LogP contribution >= 0.6 is 0 Å². The highest BCUT2D eigenvalue weighted by molar-refractivity contribution is 7.89. The number of nitrogens with one attached hydrogen (secondary N) is 3.